The zero-order valence-corrected chi connectivity index (χ0v) is 15.1. The van der Waals surface area contributed by atoms with Gasteiger partial charge in [-0.2, -0.15) is 0 Å². The Bertz CT molecular complexity index is 519. The SMILES string of the molecule is CN(CCN1CCCC1)C(=O)CCCOc1ccc(Cl)cc1Cl. The molecule has 23 heavy (non-hydrogen) atoms. The van der Waals surface area contributed by atoms with Gasteiger partial charge in [-0.25, -0.2) is 0 Å². The maximum Gasteiger partial charge on any atom is 0.222 e. The monoisotopic (exact) mass is 358 g/mol. The van der Waals surface area contributed by atoms with E-state index in [2.05, 4.69) is 4.90 Å². The van der Waals surface area contributed by atoms with E-state index in [1.54, 1.807) is 18.2 Å². The molecule has 0 bridgehead atoms. The molecule has 0 aliphatic carbocycles. The van der Waals surface area contributed by atoms with Gasteiger partial charge in [0.1, 0.15) is 5.75 Å². The second-order valence-electron chi connectivity index (χ2n) is 5.89. The van der Waals surface area contributed by atoms with Gasteiger partial charge in [0.15, 0.2) is 0 Å². The van der Waals surface area contributed by atoms with Gasteiger partial charge in [-0.3, -0.25) is 4.79 Å². The van der Waals surface area contributed by atoms with E-state index in [1.807, 2.05) is 11.9 Å². The largest absolute Gasteiger partial charge is 0.492 e. The molecule has 128 valence electrons. The highest BCUT2D eigenvalue weighted by Crippen LogP contribution is 2.27. The molecule has 0 radical (unpaired) electrons. The van der Waals surface area contributed by atoms with Crippen LogP contribution >= 0.6 is 23.2 Å². The fraction of sp³-hybridized carbons (Fsp3) is 0.588. The van der Waals surface area contributed by atoms with Crippen LogP contribution in [0.3, 0.4) is 0 Å². The zero-order chi connectivity index (χ0) is 16.7. The average molecular weight is 359 g/mol. The number of nitrogens with zero attached hydrogens (tertiary/aromatic N) is 2. The van der Waals surface area contributed by atoms with E-state index in [-0.39, 0.29) is 5.91 Å². The number of likely N-dealkylation sites (N-methyl/N-ethyl adjacent to an activating group) is 1. The normalized spacial score (nSPS) is 14.9. The molecule has 6 heteroatoms. The number of ether oxygens (including phenoxy) is 1. The van der Waals surface area contributed by atoms with Crippen LogP contribution in [0, 0.1) is 0 Å². The molecule has 0 aromatic heterocycles. The van der Waals surface area contributed by atoms with Crippen molar-refractivity contribution in [2.24, 2.45) is 0 Å². The van der Waals surface area contributed by atoms with Crippen LogP contribution in [-0.4, -0.2) is 55.5 Å². The molecule has 1 saturated heterocycles. The Labute approximate surface area is 148 Å². The zero-order valence-electron chi connectivity index (χ0n) is 13.6. The molecule has 1 heterocycles. The standard InChI is InChI=1S/C17H24Cl2N2O2/c1-20(10-11-21-8-2-3-9-21)17(22)5-4-12-23-16-7-6-14(18)13-15(16)19/h6-7,13H,2-5,8-12H2,1H3. The number of halogens is 2. The van der Waals surface area contributed by atoms with Crippen LogP contribution < -0.4 is 4.74 Å². The van der Waals surface area contributed by atoms with Gasteiger partial charge in [0.25, 0.3) is 0 Å². The van der Waals surface area contributed by atoms with Crippen molar-refractivity contribution in [3.8, 4) is 5.75 Å². The van der Waals surface area contributed by atoms with E-state index in [0.29, 0.717) is 35.2 Å². The van der Waals surface area contributed by atoms with Crippen molar-refractivity contribution in [1.29, 1.82) is 0 Å². The first-order chi connectivity index (χ1) is 11.1. The van der Waals surface area contributed by atoms with E-state index in [0.717, 1.165) is 26.2 Å². The number of carbonyl (C=O) groups is 1. The number of hydrogen-bond donors (Lipinski definition) is 0. The summed E-state index contributed by atoms with van der Waals surface area (Å²) in [6.07, 6.45) is 3.72. The van der Waals surface area contributed by atoms with Crippen molar-refractivity contribution in [2.75, 3.05) is 39.8 Å². The molecule has 1 aromatic rings. The Morgan fingerprint density at radius 3 is 2.74 bits per heavy atom. The summed E-state index contributed by atoms with van der Waals surface area (Å²) in [7, 11) is 1.87. The van der Waals surface area contributed by atoms with Crippen LogP contribution in [0.5, 0.6) is 5.75 Å². The van der Waals surface area contributed by atoms with Crippen molar-refractivity contribution in [2.45, 2.75) is 25.7 Å². The summed E-state index contributed by atoms with van der Waals surface area (Å²) in [6.45, 7) is 4.56. The first-order valence-electron chi connectivity index (χ1n) is 8.10. The van der Waals surface area contributed by atoms with Crippen LogP contribution in [0.25, 0.3) is 0 Å². The van der Waals surface area contributed by atoms with E-state index < -0.39 is 0 Å². The van der Waals surface area contributed by atoms with Crippen molar-refractivity contribution in [3.05, 3.63) is 28.2 Å². The summed E-state index contributed by atoms with van der Waals surface area (Å²) in [5.41, 5.74) is 0. The van der Waals surface area contributed by atoms with Crippen molar-refractivity contribution in [3.63, 3.8) is 0 Å². The summed E-state index contributed by atoms with van der Waals surface area (Å²) in [6, 6.07) is 5.13. The second-order valence-corrected chi connectivity index (χ2v) is 6.73. The highest BCUT2D eigenvalue weighted by Gasteiger charge is 2.14. The number of likely N-dealkylation sites (tertiary alicyclic amines) is 1. The maximum atomic E-state index is 12.1. The summed E-state index contributed by atoms with van der Waals surface area (Å²) < 4.78 is 5.59. The fourth-order valence-corrected chi connectivity index (χ4v) is 3.07. The molecule has 0 atom stereocenters. The summed E-state index contributed by atoms with van der Waals surface area (Å²) in [5.74, 6) is 0.765. The molecule has 4 nitrogen and oxygen atoms in total. The Kier molecular flexibility index (Phi) is 7.47. The first kappa shape index (κ1) is 18.4. The lowest BCUT2D eigenvalue weighted by molar-refractivity contribution is -0.130. The lowest BCUT2D eigenvalue weighted by Gasteiger charge is -2.21. The lowest BCUT2D eigenvalue weighted by atomic mass is 10.3. The van der Waals surface area contributed by atoms with Crippen LogP contribution in [0.15, 0.2) is 18.2 Å². The minimum absolute atomic E-state index is 0.162. The molecule has 0 unspecified atom stereocenters. The maximum absolute atomic E-state index is 12.1. The highest BCUT2D eigenvalue weighted by molar-refractivity contribution is 6.35. The number of carbonyl (C=O) groups excluding carboxylic acids is 1. The van der Waals surface area contributed by atoms with Gasteiger partial charge < -0.3 is 14.5 Å². The molecule has 2 rings (SSSR count). The highest BCUT2D eigenvalue weighted by atomic mass is 35.5. The van der Waals surface area contributed by atoms with Gasteiger partial charge >= 0.3 is 0 Å². The molecule has 0 saturated carbocycles. The van der Waals surface area contributed by atoms with Gasteiger partial charge in [-0.15, -0.1) is 0 Å². The molecule has 1 fully saturated rings. The van der Waals surface area contributed by atoms with Crippen molar-refractivity contribution >= 4 is 29.1 Å². The molecule has 1 aliphatic heterocycles. The van der Waals surface area contributed by atoms with E-state index in [1.165, 1.54) is 12.8 Å². The van der Waals surface area contributed by atoms with E-state index in [9.17, 15) is 4.79 Å². The molecule has 0 spiro atoms. The molecular weight excluding hydrogens is 335 g/mol. The average Bonchev–Trinajstić information content (AvgIpc) is 3.04. The fourth-order valence-electron chi connectivity index (χ4n) is 2.61. The third-order valence-corrected chi connectivity index (χ3v) is 4.59. The molecular formula is C17H24Cl2N2O2. The quantitative estimate of drug-likeness (QED) is 0.664. The predicted octanol–water partition coefficient (Wildman–Crippen LogP) is 3.71. The third kappa shape index (κ3) is 6.21. The van der Waals surface area contributed by atoms with Gasteiger partial charge in [0.05, 0.1) is 11.6 Å². The van der Waals surface area contributed by atoms with Crippen LogP contribution in [-0.2, 0) is 4.79 Å². The number of amides is 1. The lowest BCUT2D eigenvalue weighted by Crippen LogP contribution is -2.35. The Balaban J connectivity index is 1.61. The Morgan fingerprint density at radius 1 is 1.30 bits per heavy atom. The molecule has 0 N–H and O–H groups in total. The molecule has 1 aliphatic rings. The first-order valence-corrected chi connectivity index (χ1v) is 8.86. The minimum Gasteiger partial charge on any atom is -0.492 e. The summed E-state index contributed by atoms with van der Waals surface area (Å²) in [4.78, 5) is 16.3. The van der Waals surface area contributed by atoms with Gasteiger partial charge in [-0.1, -0.05) is 23.2 Å². The van der Waals surface area contributed by atoms with Crippen LogP contribution in [0.2, 0.25) is 10.0 Å². The van der Waals surface area contributed by atoms with Gasteiger partial charge in [0.2, 0.25) is 5.91 Å². The van der Waals surface area contributed by atoms with Crippen LogP contribution in [0.4, 0.5) is 0 Å². The van der Waals surface area contributed by atoms with Gasteiger partial charge in [0, 0.05) is 31.6 Å². The summed E-state index contributed by atoms with van der Waals surface area (Å²) >= 11 is 11.9. The number of rotatable bonds is 8. The molecule has 1 amide bonds. The minimum atomic E-state index is 0.162. The third-order valence-electron chi connectivity index (χ3n) is 4.06. The number of hydrogen-bond acceptors (Lipinski definition) is 3. The van der Waals surface area contributed by atoms with Crippen molar-refractivity contribution < 1.29 is 9.53 Å². The molecule has 1 aromatic carbocycles. The second kappa shape index (κ2) is 9.36. The van der Waals surface area contributed by atoms with E-state index in [4.69, 9.17) is 27.9 Å². The topological polar surface area (TPSA) is 32.8 Å². The summed E-state index contributed by atoms with van der Waals surface area (Å²) in [5, 5.41) is 1.07. The van der Waals surface area contributed by atoms with Gasteiger partial charge in [-0.05, 0) is 50.6 Å². The Hall–Kier alpha value is -0.970. The Morgan fingerprint density at radius 2 is 2.04 bits per heavy atom. The smallest absolute Gasteiger partial charge is 0.222 e. The van der Waals surface area contributed by atoms with Crippen molar-refractivity contribution in [1.82, 2.24) is 9.80 Å². The van der Waals surface area contributed by atoms with Crippen LogP contribution in [0.1, 0.15) is 25.7 Å². The number of benzene rings is 1. The van der Waals surface area contributed by atoms with E-state index >= 15 is 0 Å². The predicted molar refractivity (Wildman–Crippen MR) is 94.5 cm³/mol.